The summed E-state index contributed by atoms with van der Waals surface area (Å²) >= 11 is 0. The molecule has 0 fully saturated rings. The van der Waals surface area contributed by atoms with Gasteiger partial charge >= 0.3 is 0 Å². The van der Waals surface area contributed by atoms with Gasteiger partial charge in [-0.25, -0.2) is 0 Å². The fourth-order valence-electron chi connectivity index (χ4n) is 1.11. The number of rotatable bonds is 5. The van der Waals surface area contributed by atoms with Crippen molar-refractivity contribution in [3.63, 3.8) is 0 Å². The number of aliphatic hydroxyl groups excluding tert-OH is 1. The predicted octanol–water partition coefficient (Wildman–Crippen LogP) is 1.40. The van der Waals surface area contributed by atoms with Gasteiger partial charge in [0.25, 0.3) is 0 Å². The first-order valence-corrected chi connectivity index (χ1v) is 5.04. The van der Waals surface area contributed by atoms with E-state index < -0.39 is 6.10 Å². The average Bonchev–Trinajstić information content (AvgIpc) is 2.65. The molecule has 0 aliphatic carbocycles. The summed E-state index contributed by atoms with van der Waals surface area (Å²) in [5, 5.41) is 21.5. The van der Waals surface area contributed by atoms with E-state index in [0.29, 0.717) is 11.7 Å². The van der Waals surface area contributed by atoms with Crippen LogP contribution in [-0.4, -0.2) is 21.4 Å². The summed E-state index contributed by atoms with van der Waals surface area (Å²) in [6.45, 7) is 4.06. The third kappa shape index (κ3) is 3.33. The average molecular weight is 209 g/mol. The SMILES string of the molecule is CCC(C)c1noc(CC(O)CC#N)n1. The van der Waals surface area contributed by atoms with E-state index in [9.17, 15) is 5.11 Å². The van der Waals surface area contributed by atoms with Crippen LogP contribution < -0.4 is 0 Å². The van der Waals surface area contributed by atoms with Crippen LogP contribution in [-0.2, 0) is 6.42 Å². The minimum atomic E-state index is -0.722. The Balaban J connectivity index is 2.57. The lowest BCUT2D eigenvalue weighted by molar-refractivity contribution is 0.167. The summed E-state index contributed by atoms with van der Waals surface area (Å²) in [6, 6.07) is 1.89. The number of nitriles is 1. The molecule has 2 unspecified atom stereocenters. The quantitative estimate of drug-likeness (QED) is 0.792. The first-order valence-electron chi connectivity index (χ1n) is 5.04. The number of hydrogen-bond acceptors (Lipinski definition) is 5. The summed E-state index contributed by atoms with van der Waals surface area (Å²) < 4.78 is 4.97. The largest absolute Gasteiger partial charge is 0.392 e. The molecule has 2 atom stereocenters. The van der Waals surface area contributed by atoms with Gasteiger partial charge < -0.3 is 9.63 Å². The zero-order valence-electron chi connectivity index (χ0n) is 8.97. The molecule has 1 rings (SSSR count). The third-order valence-corrected chi connectivity index (χ3v) is 2.27. The highest BCUT2D eigenvalue weighted by Gasteiger charge is 2.14. The molecular weight excluding hydrogens is 194 g/mol. The molecule has 1 aromatic heterocycles. The maximum absolute atomic E-state index is 9.36. The monoisotopic (exact) mass is 209 g/mol. The van der Waals surface area contributed by atoms with Crippen LogP contribution in [0.25, 0.3) is 0 Å². The van der Waals surface area contributed by atoms with Gasteiger partial charge in [0.05, 0.1) is 25.0 Å². The van der Waals surface area contributed by atoms with Crippen LogP contribution in [0.15, 0.2) is 4.52 Å². The van der Waals surface area contributed by atoms with Crippen LogP contribution in [0.5, 0.6) is 0 Å². The van der Waals surface area contributed by atoms with Gasteiger partial charge in [0, 0.05) is 5.92 Å². The van der Waals surface area contributed by atoms with Crippen LogP contribution in [0.3, 0.4) is 0 Å². The highest BCUT2D eigenvalue weighted by Crippen LogP contribution is 2.15. The van der Waals surface area contributed by atoms with E-state index in [0.717, 1.165) is 6.42 Å². The smallest absolute Gasteiger partial charge is 0.229 e. The van der Waals surface area contributed by atoms with Crippen LogP contribution in [0.4, 0.5) is 0 Å². The van der Waals surface area contributed by atoms with Crippen molar-refractivity contribution in [3.05, 3.63) is 11.7 Å². The van der Waals surface area contributed by atoms with Crippen molar-refractivity contribution >= 4 is 0 Å². The second-order valence-corrected chi connectivity index (χ2v) is 3.58. The van der Waals surface area contributed by atoms with Crippen molar-refractivity contribution in [2.75, 3.05) is 0 Å². The van der Waals surface area contributed by atoms with E-state index in [1.165, 1.54) is 0 Å². The Morgan fingerprint density at radius 2 is 2.33 bits per heavy atom. The number of hydrogen-bond donors (Lipinski definition) is 1. The van der Waals surface area contributed by atoms with E-state index in [1.807, 2.05) is 19.9 Å². The second-order valence-electron chi connectivity index (χ2n) is 3.58. The Kier molecular flexibility index (Phi) is 4.25. The molecule has 0 aromatic carbocycles. The lowest BCUT2D eigenvalue weighted by Crippen LogP contribution is -2.09. The number of aromatic nitrogens is 2. The summed E-state index contributed by atoms with van der Waals surface area (Å²) in [5.41, 5.74) is 0. The van der Waals surface area contributed by atoms with Gasteiger partial charge in [0.2, 0.25) is 5.89 Å². The number of aliphatic hydroxyl groups is 1. The van der Waals surface area contributed by atoms with Crippen molar-refractivity contribution in [2.45, 2.75) is 45.1 Å². The molecule has 1 N–H and O–H groups in total. The van der Waals surface area contributed by atoms with Crippen LogP contribution in [0, 0.1) is 11.3 Å². The molecule has 0 amide bonds. The molecule has 0 spiro atoms. The van der Waals surface area contributed by atoms with Gasteiger partial charge in [-0.05, 0) is 6.42 Å². The molecule has 0 radical (unpaired) electrons. The standard InChI is InChI=1S/C10H15N3O2/c1-3-7(2)10-12-9(15-13-10)6-8(14)4-5-11/h7-8,14H,3-4,6H2,1-2H3. The normalized spacial score (nSPS) is 14.5. The Bertz CT molecular complexity index is 343. The Labute approximate surface area is 88.7 Å². The van der Waals surface area contributed by atoms with Gasteiger partial charge in [-0.1, -0.05) is 19.0 Å². The van der Waals surface area contributed by atoms with E-state index in [4.69, 9.17) is 9.78 Å². The van der Waals surface area contributed by atoms with Crippen molar-refractivity contribution in [1.82, 2.24) is 10.1 Å². The van der Waals surface area contributed by atoms with Gasteiger partial charge in [-0.2, -0.15) is 10.2 Å². The first kappa shape index (κ1) is 11.7. The van der Waals surface area contributed by atoms with Crippen molar-refractivity contribution < 1.29 is 9.63 Å². The summed E-state index contributed by atoms with van der Waals surface area (Å²) in [7, 11) is 0. The molecule has 1 aromatic rings. The molecule has 15 heavy (non-hydrogen) atoms. The van der Waals surface area contributed by atoms with Crippen LogP contribution >= 0.6 is 0 Å². The summed E-state index contributed by atoms with van der Waals surface area (Å²) in [6.07, 6.45) is 0.554. The van der Waals surface area contributed by atoms with Gasteiger partial charge in [-0.3, -0.25) is 0 Å². The Hall–Kier alpha value is -1.41. The van der Waals surface area contributed by atoms with Gasteiger partial charge in [0.15, 0.2) is 5.82 Å². The van der Waals surface area contributed by atoms with Crippen molar-refractivity contribution in [2.24, 2.45) is 0 Å². The van der Waals surface area contributed by atoms with Crippen LogP contribution in [0.1, 0.15) is 44.3 Å². The first-order chi connectivity index (χ1) is 7.17. The molecule has 1 heterocycles. The molecule has 0 saturated carbocycles. The Morgan fingerprint density at radius 1 is 1.60 bits per heavy atom. The molecule has 0 saturated heterocycles. The Morgan fingerprint density at radius 3 is 2.93 bits per heavy atom. The molecular formula is C10H15N3O2. The molecule has 0 bridgehead atoms. The lowest BCUT2D eigenvalue weighted by Gasteiger charge is -2.00. The van der Waals surface area contributed by atoms with E-state index in [1.54, 1.807) is 0 Å². The molecule has 5 nitrogen and oxygen atoms in total. The fraction of sp³-hybridized carbons (Fsp3) is 0.700. The highest BCUT2D eigenvalue weighted by atomic mass is 16.5. The fourth-order valence-corrected chi connectivity index (χ4v) is 1.11. The molecule has 82 valence electrons. The topological polar surface area (TPSA) is 82.9 Å². The minimum Gasteiger partial charge on any atom is -0.392 e. The zero-order chi connectivity index (χ0) is 11.3. The van der Waals surface area contributed by atoms with Gasteiger partial charge in [-0.15, -0.1) is 0 Å². The lowest BCUT2D eigenvalue weighted by atomic mass is 10.1. The minimum absolute atomic E-state index is 0.0844. The van der Waals surface area contributed by atoms with E-state index in [2.05, 4.69) is 10.1 Å². The molecule has 0 aliphatic heterocycles. The van der Waals surface area contributed by atoms with Gasteiger partial charge in [0.1, 0.15) is 0 Å². The summed E-state index contributed by atoms with van der Waals surface area (Å²) in [5.74, 6) is 1.32. The summed E-state index contributed by atoms with van der Waals surface area (Å²) in [4.78, 5) is 4.16. The third-order valence-electron chi connectivity index (χ3n) is 2.27. The zero-order valence-corrected chi connectivity index (χ0v) is 8.97. The molecule has 5 heteroatoms. The van der Waals surface area contributed by atoms with E-state index in [-0.39, 0.29) is 18.8 Å². The van der Waals surface area contributed by atoms with Crippen LogP contribution in [0.2, 0.25) is 0 Å². The maximum atomic E-state index is 9.36. The van der Waals surface area contributed by atoms with Crippen molar-refractivity contribution in [3.8, 4) is 6.07 Å². The second kappa shape index (κ2) is 5.47. The highest BCUT2D eigenvalue weighted by molar-refractivity contribution is 4.94. The maximum Gasteiger partial charge on any atom is 0.229 e. The molecule has 0 aliphatic rings. The van der Waals surface area contributed by atoms with Crippen molar-refractivity contribution in [1.29, 1.82) is 5.26 Å². The number of nitrogens with zero attached hydrogens (tertiary/aromatic N) is 3. The van der Waals surface area contributed by atoms with E-state index >= 15 is 0 Å². The predicted molar refractivity (Wildman–Crippen MR) is 52.9 cm³/mol.